The minimum atomic E-state index is -2.76. The zero-order chi connectivity index (χ0) is 11.9. The lowest BCUT2D eigenvalue weighted by atomic mass is 10.00. The van der Waals surface area contributed by atoms with Gasteiger partial charge in [-0.05, 0) is 24.6 Å². The molecule has 1 aliphatic carbocycles. The fourth-order valence-corrected chi connectivity index (χ4v) is 2.17. The van der Waals surface area contributed by atoms with Gasteiger partial charge in [0.05, 0.1) is 7.11 Å². The van der Waals surface area contributed by atoms with E-state index in [1.165, 1.54) is 14.0 Å². The Hall–Kier alpha value is -1.45. The maximum absolute atomic E-state index is 13.3. The molecular weight excluding hydrogens is 214 g/mol. The van der Waals surface area contributed by atoms with Crippen LogP contribution in [-0.2, 0) is 12.8 Å². The Bertz CT molecular complexity index is 453. The second kappa shape index (κ2) is 3.54. The number of benzene rings is 1. The number of halogens is 2. The highest BCUT2D eigenvalue weighted by molar-refractivity contribution is 5.96. The number of alkyl halides is 2. The Kier molecular flexibility index (Phi) is 2.45. The minimum absolute atomic E-state index is 0.184. The molecule has 1 aliphatic rings. The van der Waals surface area contributed by atoms with E-state index in [9.17, 15) is 13.6 Å². The van der Waals surface area contributed by atoms with Gasteiger partial charge >= 0.3 is 0 Å². The van der Waals surface area contributed by atoms with E-state index < -0.39 is 5.92 Å². The summed E-state index contributed by atoms with van der Waals surface area (Å²) < 4.78 is 31.7. The summed E-state index contributed by atoms with van der Waals surface area (Å²) in [5, 5.41) is 0. The summed E-state index contributed by atoms with van der Waals surface area (Å²) in [6, 6.07) is 3.14. The molecule has 2 nitrogen and oxygen atoms in total. The number of rotatable bonds is 2. The van der Waals surface area contributed by atoms with Gasteiger partial charge in [0.15, 0.2) is 5.78 Å². The van der Waals surface area contributed by atoms with Crippen LogP contribution >= 0.6 is 0 Å². The van der Waals surface area contributed by atoms with E-state index in [4.69, 9.17) is 4.74 Å². The van der Waals surface area contributed by atoms with Gasteiger partial charge in [-0.1, -0.05) is 0 Å². The smallest absolute Gasteiger partial charge is 0.256 e. The minimum Gasteiger partial charge on any atom is -0.496 e. The first-order chi connectivity index (χ1) is 7.44. The average molecular weight is 226 g/mol. The molecule has 86 valence electrons. The van der Waals surface area contributed by atoms with Crippen LogP contribution in [0.5, 0.6) is 5.75 Å². The van der Waals surface area contributed by atoms with Crippen molar-refractivity contribution in [3.8, 4) is 5.75 Å². The third kappa shape index (κ3) is 1.68. The summed E-state index contributed by atoms with van der Waals surface area (Å²) >= 11 is 0. The Labute approximate surface area is 92.2 Å². The molecule has 0 spiro atoms. The fourth-order valence-electron chi connectivity index (χ4n) is 2.17. The first-order valence-corrected chi connectivity index (χ1v) is 5.02. The van der Waals surface area contributed by atoms with Gasteiger partial charge in [-0.25, -0.2) is 8.78 Å². The van der Waals surface area contributed by atoms with Crippen molar-refractivity contribution in [1.82, 2.24) is 0 Å². The van der Waals surface area contributed by atoms with Crippen LogP contribution in [0.15, 0.2) is 12.1 Å². The summed E-state index contributed by atoms with van der Waals surface area (Å²) in [5.41, 5.74) is 1.30. The maximum atomic E-state index is 13.3. The molecule has 0 amide bonds. The molecule has 16 heavy (non-hydrogen) atoms. The topological polar surface area (TPSA) is 26.3 Å². The lowest BCUT2D eigenvalue weighted by Crippen LogP contribution is -2.15. The monoisotopic (exact) mass is 226 g/mol. The maximum Gasteiger partial charge on any atom is 0.256 e. The molecule has 0 heterocycles. The zero-order valence-electron chi connectivity index (χ0n) is 9.14. The van der Waals surface area contributed by atoms with Crippen LogP contribution in [0.4, 0.5) is 8.78 Å². The van der Waals surface area contributed by atoms with Gasteiger partial charge in [0.25, 0.3) is 5.92 Å². The third-order valence-electron chi connectivity index (χ3n) is 2.86. The number of ether oxygens (including phenoxy) is 1. The number of carbonyl (C=O) groups is 1. The van der Waals surface area contributed by atoms with Gasteiger partial charge < -0.3 is 4.74 Å². The van der Waals surface area contributed by atoms with E-state index in [0.717, 1.165) is 0 Å². The Morgan fingerprint density at radius 1 is 1.31 bits per heavy atom. The lowest BCUT2D eigenvalue weighted by Gasteiger charge is -2.09. The van der Waals surface area contributed by atoms with Crippen molar-refractivity contribution in [2.24, 2.45) is 0 Å². The molecule has 0 N–H and O–H groups in total. The van der Waals surface area contributed by atoms with E-state index in [2.05, 4.69) is 0 Å². The summed E-state index contributed by atoms with van der Waals surface area (Å²) in [5.74, 6) is -2.50. The summed E-state index contributed by atoms with van der Waals surface area (Å²) in [6.07, 6.45) is -0.707. The van der Waals surface area contributed by atoms with Crippen molar-refractivity contribution in [3.05, 3.63) is 28.8 Å². The highest BCUT2D eigenvalue weighted by Crippen LogP contribution is 2.40. The van der Waals surface area contributed by atoms with E-state index >= 15 is 0 Å². The zero-order valence-corrected chi connectivity index (χ0v) is 9.14. The second-order valence-corrected chi connectivity index (χ2v) is 4.04. The molecule has 0 saturated carbocycles. The van der Waals surface area contributed by atoms with Crippen molar-refractivity contribution in [2.45, 2.75) is 25.7 Å². The van der Waals surface area contributed by atoms with Crippen molar-refractivity contribution >= 4 is 5.78 Å². The molecule has 0 radical (unpaired) electrons. The predicted molar refractivity (Wildman–Crippen MR) is 55.4 cm³/mol. The molecule has 2 rings (SSSR count). The third-order valence-corrected chi connectivity index (χ3v) is 2.86. The first-order valence-electron chi connectivity index (χ1n) is 5.02. The summed E-state index contributed by atoms with van der Waals surface area (Å²) in [7, 11) is 1.44. The van der Waals surface area contributed by atoms with Crippen molar-refractivity contribution in [3.63, 3.8) is 0 Å². The van der Waals surface area contributed by atoms with Crippen LogP contribution in [-0.4, -0.2) is 18.8 Å². The van der Waals surface area contributed by atoms with Gasteiger partial charge in [0.1, 0.15) is 5.75 Å². The standard InChI is InChI=1S/C12H12F2O2/c1-7(15)8-3-4-11(16-2)10-6-12(13,14)5-9(8)10/h3-4H,5-6H2,1-2H3. The number of carbonyl (C=O) groups excluding carboxylic acids is 1. The molecule has 0 saturated heterocycles. The van der Waals surface area contributed by atoms with Crippen molar-refractivity contribution in [1.29, 1.82) is 0 Å². The molecule has 1 aromatic carbocycles. The first kappa shape index (κ1) is 11.0. The summed E-state index contributed by atoms with van der Waals surface area (Å²) in [4.78, 5) is 11.3. The average Bonchev–Trinajstić information content (AvgIpc) is 2.50. The van der Waals surface area contributed by atoms with Gasteiger partial charge in [-0.2, -0.15) is 0 Å². The molecule has 1 aromatic rings. The van der Waals surface area contributed by atoms with Crippen LogP contribution in [0.3, 0.4) is 0 Å². The highest BCUT2D eigenvalue weighted by Gasteiger charge is 2.40. The fraction of sp³-hybridized carbons (Fsp3) is 0.417. The molecular formula is C12H12F2O2. The number of hydrogen-bond acceptors (Lipinski definition) is 2. The highest BCUT2D eigenvalue weighted by atomic mass is 19.3. The summed E-state index contributed by atoms with van der Waals surface area (Å²) in [6.45, 7) is 1.39. The SMILES string of the molecule is COc1ccc(C(C)=O)c2c1CC(F)(F)C2. The van der Waals surface area contributed by atoms with E-state index in [0.29, 0.717) is 22.4 Å². The van der Waals surface area contributed by atoms with Gasteiger partial charge in [0, 0.05) is 24.0 Å². The van der Waals surface area contributed by atoms with Crippen LogP contribution < -0.4 is 4.74 Å². The van der Waals surface area contributed by atoms with E-state index in [1.54, 1.807) is 12.1 Å². The molecule has 4 heteroatoms. The van der Waals surface area contributed by atoms with Gasteiger partial charge in [0.2, 0.25) is 0 Å². The van der Waals surface area contributed by atoms with Crippen LogP contribution in [0, 0.1) is 0 Å². The molecule has 0 unspecified atom stereocenters. The quantitative estimate of drug-likeness (QED) is 0.724. The number of methoxy groups -OCH3 is 1. The number of ketones is 1. The molecule has 0 atom stereocenters. The largest absolute Gasteiger partial charge is 0.496 e. The second-order valence-electron chi connectivity index (χ2n) is 4.04. The predicted octanol–water partition coefficient (Wildman–Crippen LogP) is 2.63. The van der Waals surface area contributed by atoms with Crippen molar-refractivity contribution < 1.29 is 18.3 Å². The van der Waals surface area contributed by atoms with Crippen LogP contribution in [0.2, 0.25) is 0 Å². The normalized spacial score (nSPS) is 17.0. The number of hydrogen-bond donors (Lipinski definition) is 0. The molecule has 0 aromatic heterocycles. The number of Topliss-reactive ketones (excluding diaryl/α,β-unsaturated/α-hetero) is 1. The van der Waals surface area contributed by atoms with Gasteiger partial charge in [-0.3, -0.25) is 4.79 Å². The number of fused-ring (bicyclic) bond motifs is 1. The molecule has 0 aliphatic heterocycles. The van der Waals surface area contributed by atoms with Gasteiger partial charge in [-0.15, -0.1) is 0 Å². The Morgan fingerprint density at radius 3 is 2.50 bits per heavy atom. The van der Waals surface area contributed by atoms with E-state index in [-0.39, 0.29) is 18.6 Å². The van der Waals surface area contributed by atoms with Crippen molar-refractivity contribution in [2.75, 3.05) is 7.11 Å². The Balaban J connectivity index is 2.59. The Morgan fingerprint density at radius 2 is 1.94 bits per heavy atom. The van der Waals surface area contributed by atoms with Crippen LogP contribution in [0.25, 0.3) is 0 Å². The molecule has 0 fully saturated rings. The lowest BCUT2D eigenvalue weighted by molar-refractivity contribution is 0.0127. The van der Waals surface area contributed by atoms with E-state index in [1.807, 2.05) is 0 Å². The van der Waals surface area contributed by atoms with Crippen LogP contribution in [0.1, 0.15) is 28.4 Å². The molecule has 0 bridgehead atoms.